The quantitative estimate of drug-likeness (QED) is 0.0966. The number of nitrogens with one attached hydrogen (secondary N) is 2. The van der Waals surface area contributed by atoms with Crippen LogP contribution in [0.25, 0.3) is 0 Å². The Bertz CT molecular complexity index is 1910. The largest absolute Gasteiger partial charge is 0.530 e. The minimum Gasteiger partial charge on any atom is -0.404 e. The van der Waals surface area contributed by atoms with Gasteiger partial charge in [0.15, 0.2) is 0 Å². The van der Waals surface area contributed by atoms with Gasteiger partial charge in [-0.3, -0.25) is 23.5 Å². The number of β-amino-alcohol motifs (C(OH)–C–C–N with tert-alkyl or cyclic N) is 1. The normalized spacial score (nSPS) is 19.8. The second-order valence-electron chi connectivity index (χ2n) is 16.6. The highest BCUT2D eigenvalue weighted by molar-refractivity contribution is 7.48. The second-order valence-corrected chi connectivity index (χ2v) is 18.2. The van der Waals surface area contributed by atoms with E-state index in [1.807, 2.05) is 112 Å². The number of fused-ring (bicyclic) bond motifs is 1. The van der Waals surface area contributed by atoms with Gasteiger partial charge in [0, 0.05) is 29.8 Å². The van der Waals surface area contributed by atoms with Gasteiger partial charge in [-0.2, -0.15) is 0 Å². The molecule has 5 atom stereocenters. The van der Waals surface area contributed by atoms with E-state index < -0.39 is 25.9 Å². The zero-order chi connectivity index (χ0) is 40.4. The number of phosphoric ester groups is 1. The Morgan fingerprint density at radius 2 is 1.37 bits per heavy atom. The van der Waals surface area contributed by atoms with Crippen molar-refractivity contribution in [1.82, 2.24) is 15.5 Å². The first kappa shape index (κ1) is 42.3. The van der Waals surface area contributed by atoms with Crippen LogP contribution in [0.1, 0.15) is 85.5 Å². The van der Waals surface area contributed by atoms with E-state index in [0.717, 1.165) is 42.5 Å². The molecule has 1 aliphatic carbocycles. The number of likely N-dealkylation sites (tertiary alicyclic amines) is 1. The maximum absolute atomic E-state index is 14.2. The van der Waals surface area contributed by atoms with Gasteiger partial charge < -0.3 is 20.3 Å². The first-order valence-corrected chi connectivity index (χ1v) is 21.7. The van der Waals surface area contributed by atoms with E-state index in [0.29, 0.717) is 29.4 Å². The highest BCUT2D eigenvalue weighted by Crippen LogP contribution is 2.52. The van der Waals surface area contributed by atoms with Gasteiger partial charge in [0.1, 0.15) is 5.75 Å². The number of benzene rings is 4. The summed E-state index contributed by atoms with van der Waals surface area (Å²) in [7, 11) is -4.21. The van der Waals surface area contributed by atoms with Crippen LogP contribution in [0.4, 0.5) is 0 Å². The van der Waals surface area contributed by atoms with Crippen LogP contribution in [0, 0.1) is 18.8 Å². The zero-order valence-corrected chi connectivity index (χ0v) is 34.5. The van der Waals surface area contributed by atoms with Gasteiger partial charge in [0.25, 0.3) is 5.91 Å². The molecule has 57 heavy (non-hydrogen) atoms. The summed E-state index contributed by atoms with van der Waals surface area (Å²) in [6.07, 6.45) is 4.76. The Morgan fingerprint density at radius 3 is 1.95 bits per heavy atom. The van der Waals surface area contributed by atoms with Crippen molar-refractivity contribution in [2.75, 3.05) is 13.1 Å². The number of hydrogen-bond acceptors (Lipinski definition) is 8. The van der Waals surface area contributed by atoms with Crippen LogP contribution in [0.5, 0.6) is 5.75 Å². The lowest BCUT2D eigenvalue weighted by Gasteiger charge is -2.47. The summed E-state index contributed by atoms with van der Waals surface area (Å²) < 4.78 is 32.0. The third-order valence-electron chi connectivity index (χ3n) is 11.0. The Balaban J connectivity index is 1.22. The molecule has 4 unspecified atom stereocenters. The molecule has 6 rings (SSSR count). The molecule has 2 amide bonds. The van der Waals surface area contributed by atoms with Crippen LogP contribution >= 0.6 is 7.82 Å². The summed E-state index contributed by atoms with van der Waals surface area (Å²) in [6, 6.07) is 32.3. The summed E-state index contributed by atoms with van der Waals surface area (Å²) >= 11 is 0. The maximum Gasteiger partial charge on any atom is 0.530 e. The first-order valence-electron chi connectivity index (χ1n) is 20.2. The molecule has 2 aliphatic rings. The van der Waals surface area contributed by atoms with Crippen molar-refractivity contribution >= 4 is 19.6 Å². The summed E-state index contributed by atoms with van der Waals surface area (Å²) in [5, 5.41) is 18.4. The average Bonchev–Trinajstić information content (AvgIpc) is 3.20. The average molecular weight is 796 g/mol. The van der Waals surface area contributed by atoms with Gasteiger partial charge in [0.05, 0.1) is 31.4 Å². The number of aliphatic hydroxyl groups is 1. The van der Waals surface area contributed by atoms with E-state index in [1.54, 1.807) is 25.1 Å². The molecule has 1 aliphatic heterocycles. The lowest BCUT2D eigenvalue weighted by molar-refractivity contribution is -0.132. The second kappa shape index (κ2) is 19.4. The van der Waals surface area contributed by atoms with Crippen LogP contribution < -0.4 is 15.2 Å². The van der Waals surface area contributed by atoms with Gasteiger partial charge in [0.2, 0.25) is 5.91 Å². The van der Waals surface area contributed by atoms with E-state index in [4.69, 9.17) is 13.6 Å². The number of piperidine rings is 1. The van der Waals surface area contributed by atoms with Crippen LogP contribution in [0.15, 0.2) is 109 Å². The molecule has 3 N–H and O–H groups in total. The fourth-order valence-electron chi connectivity index (χ4n) is 8.02. The van der Waals surface area contributed by atoms with Crippen molar-refractivity contribution in [3.8, 4) is 5.75 Å². The van der Waals surface area contributed by atoms with Gasteiger partial charge in [-0.1, -0.05) is 116 Å². The number of carbonyl (C=O) groups excluding carboxylic acids is 2. The molecule has 0 spiro atoms. The molecule has 4 aromatic carbocycles. The molecule has 0 bridgehead atoms. The van der Waals surface area contributed by atoms with Crippen molar-refractivity contribution in [2.24, 2.45) is 11.8 Å². The standard InChI is InChI=1S/C46H58N3O7P/c1-33-39(25-16-26-43(33)56-57(53,54-31-35-19-10-6-11-20-35)55-32-36-21-12-7-13-22-36)44(51)47-40(27-34-17-8-5-9-18-34)42(50)30-49-29-38-24-15-14-23-37(38)28-41(49)45(52)48-46(2,3)4/h5-13,16-22,25-26,37-38,40-42,50H,14-15,23-24,27-32H2,1-4H3,(H,47,51)(H,48,52)/t37?,38?,40?,41-,42?/m0/s1. The van der Waals surface area contributed by atoms with E-state index in [1.165, 1.54) is 12.8 Å². The predicted molar refractivity (Wildman–Crippen MR) is 223 cm³/mol. The molecule has 0 aromatic heterocycles. The summed E-state index contributed by atoms with van der Waals surface area (Å²) in [5.74, 6) is 0.698. The van der Waals surface area contributed by atoms with E-state index >= 15 is 0 Å². The molecule has 2 fully saturated rings. The molecule has 1 heterocycles. The van der Waals surface area contributed by atoms with Crippen LogP contribution in [-0.4, -0.2) is 58.6 Å². The molecule has 4 aromatic rings. The lowest BCUT2D eigenvalue weighted by atomic mass is 9.72. The van der Waals surface area contributed by atoms with Gasteiger partial charge in [-0.15, -0.1) is 0 Å². The Labute approximate surface area is 337 Å². The van der Waals surface area contributed by atoms with Crippen LogP contribution in [0.2, 0.25) is 0 Å². The molecule has 304 valence electrons. The molecule has 10 nitrogen and oxygen atoms in total. The molecular formula is C46H58N3O7P. The summed E-state index contributed by atoms with van der Waals surface area (Å²) in [5.41, 5.74) is 2.88. The Morgan fingerprint density at radius 1 is 0.807 bits per heavy atom. The third kappa shape index (κ3) is 12.1. The smallest absolute Gasteiger partial charge is 0.404 e. The highest BCUT2D eigenvalue weighted by atomic mass is 31.2. The first-order chi connectivity index (χ1) is 27.4. The lowest BCUT2D eigenvalue weighted by Crippen LogP contribution is -2.60. The van der Waals surface area contributed by atoms with Gasteiger partial charge >= 0.3 is 7.82 Å². The SMILES string of the molecule is Cc1c(OP(=O)(OCc2ccccc2)OCc2ccccc2)cccc1C(=O)NC(Cc1ccccc1)C(O)CN1CC2CCCCC2C[C@H]1C(=O)NC(C)(C)C. The maximum atomic E-state index is 14.2. The number of carbonyl (C=O) groups is 2. The minimum atomic E-state index is -4.21. The highest BCUT2D eigenvalue weighted by Gasteiger charge is 2.42. The molecule has 1 saturated carbocycles. The number of rotatable bonds is 16. The summed E-state index contributed by atoms with van der Waals surface area (Å²) in [6.45, 7) is 8.61. The van der Waals surface area contributed by atoms with E-state index in [-0.39, 0.29) is 43.0 Å². The van der Waals surface area contributed by atoms with Crippen LogP contribution in [0.3, 0.4) is 0 Å². The van der Waals surface area contributed by atoms with Crippen molar-refractivity contribution < 1.29 is 32.8 Å². The molecular weight excluding hydrogens is 737 g/mol. The van der Waals surface area contributed by atoms with Crippen LogP contribution in [-0.2, 0) is 38.0 Å². The number of aliphatic hydroxyl groups excluding tert-OH is 1. The van der Waals surface area contributed by atoms with E-state index in [9.17, 15) is 19.3 Å². The minimum absolute atomic E-state index is 0.0116. The topological polar surface area (TPSA) is 126 Å². The van der Waals surface area contributed by atoms with Crippen molar-refractivity contribution in [1.29, 1.82) is 0 Å². The summed E-state index contributed by atoms with van der Waals surface area (Å²) in [4.78, 5) is 30.1. The molecule has 0 radical (unpaired) electrons. The number of nitrogens with zero attached hydrogens (tertiary/aromatic N) is 1. The zero-order valence-electron chi connectivity index (χ0n) is 33.6. The fourth-order valence-corrected chi connectivity index (χ4v) is 9.25. The van der Waals surface area contributed by atoms with Gasteiger partial charge in [-0.05, 0) is 87.6 Å². The monoisotopic (exact) mass is 795 g/mol. The van der Waals surface area contributed by atoms with Gasteiger partial charge in [-0.25, -0.2) is 4.57 Å². The Kier molecular flexibility index (Phi) is 14.4. The molecule has 11 heteroatoms. The number of amides is 2. The van der Waals surface area contributed by atoms with Crippen molar-refractivity contribution in [3.05, 3.63) is 137 Å². The predicted octanol–water partition coefficient (Wildman–Crippen LogP) is 8.41. The van der Waals surface area contributed by atoms with Crippen molar-refractivity contribution in [3.63, 3.8) is 0 Å². The third-order valence-corrected chi connectivity index (χ3v) is 12.3. The number of hydrogen-bond donors (Lipinski definition) is 3. The van der Waals surface area contributed by atoms with E-state index in [2.05, 4.69) is 15.5 Å². The Hall–Kier alpha value is -4.31. The molecule has 1 saturated heterocycles. The van der Waals surface area contributed by atoms with Crippen molar-refractivity contribution in [2.45, 2.75) is 103 Å². The number of phosphoric acid groups is 1. The fraction of sp³-hybridized carbons (Fsp3) is 0.435.